The van der Waals surface area contributed by atoms with E-state index in [0.29, 0.717) is 10.4 Å². The van der Waals surface area contributed by atoms with Gasteiger partial charge in [0.25, 0.3) is 5.56 Å². The zero-order valence-electron chi connectivity index (χ0n) is 13.6. The van der Waals surface area contributed by atoms with Crippen molar-refractivity contribution >= 4 is 33.3 Å². The fraction of sp³-hybridized carbons (Fsp3) is 0.100. The lowest BCUT2D eigenvalue weighted by Crippen LogP contribution is -2.25. The van der Waals surface area contributed by atoms with Crippen LogP contribution in [0.15, 0.2) is 65.6 Å². The smallest absolute Gasteiger partial charge is 0.264 e. The molecule has 0 aliphatic rings. The average Bonchev–Trinajstić information content (AvgIpc) is 2.61. The van der Waals surface area contributed by atoms with Crippen molar-refractivity contribution in [2.75, 3.05) is 0 Å². The molecule has 2 aromatic carbocycles. The lowest BCUT2D eigenvalue weighted by molar-refractivity contribution is 0.735. The molecule has 124 valence electrons. The topological polar surface area (TPSA) is 60.9 Å². The number of hydrogen-bond acceptors (Lipinski definition) is 3. The maximum Gasteiger partial charge on any atom is 0.264 e. The Morgan fingerprint density at radius 1 is 1.08 bits per heavy atom. The van der Waals surface area contributed by atoms with Crippen LogP contribution in [0.5, 0.6) is 0 Å². The minimum absolute atomic E-state index is 0.175. The summed E-state index contributed by atoms with van der Waals surface area (Å²) < 4.78 is 1.63. The van der Waals surface area contributed by atoms with Gasteiger partial charge in [-0.3, -0.25) is 14.3 Å². The summed E-state index contributed by atoms with van der Waals surface area (Å²) in [7, 11) is 0. The summed E-state index contributed by atoms with van der Waals surface area (Å²) >= 11 is 6.29. The molecular weight excluding hydrogens is 334 g/mol. The normalized spacial score (nSPS) is 12.6. The molecule has 0 saturated heterocycles. The molecule has 5 heteroatoms. The molecule has 25 heavy (non-hydrogen) atoms. The lowest BCUT2D eigenvalue weighted by atomic mass is 10.1. The first-order chi connectivity index (χ1) is 12.1. The number of nitrogens with zero attached hydrogens (tertiary/aromatic N) is 2. The molecule has 0 bridgehead atoms. The van der Waals surface area contributed by atoms with Gasteiger partial charge in [0, 0.05) is 23.3 Å². The summed E-state index contributed by atoms with van der Waals surface area (Å²) in [5.74, 6) is 0. The predicted octanol–water partition coefficient (Wildman–Crippen LogP) is 4.21. The lowest BCUT2D eigenvalue weighted by Gasteiger charge is -2.18. The van der Waals surface area contributed by atoms with Crippen molar-refractivity contribution in [3.05, 3.63) is 81.9 Å². The van der Waals surface area contributed by atoms with Crippen molar-refractivity contribution in [1.82, 2.24) is 9.55 Å². The third-order valence-electron chi connectivity index (χ3n) is 4.34. The maximum absolute atomic E-state index is 13.2. The average molecular weight is 350 g/mol. The van der Waals surface area contributed by atoms with Crippen molar-refractivity contribution in [2.24, 2.45) is 5.73 Å². The molecule has 0 radical (unpaired) electrons. The summed E-state index contributed by atoms with van der Waals surface area (Å²) in [5.41, 5.74) is 8.26. The molecule has 0 amide bonds. The molecule has 1 unspecified atom stereocenters. The Balaban J connectivity index is 2.11. The van der Waals surface area contributed by atoms with Crippen molar-refractivity contribution in [3.8, 4) is 5.69 Å². The van der Waals surface area contributed by atoms with Gasteiger partial charge in [0.15, 0.2) is 0 Å². The summed E-state index contributed by atoms with van der Waals surface area (Å²) in [6.07, 6.45) is 1.73. The van der Waals surface area contributed by atoms with Gasteiger partial charge >= 0.3 is 0 Å². The van der Waals surface area contributed by atoms with E-state index in [1.807, 2.05) is 55.5 Å². The summed E-state index contributed by atoms with van der Waals surface area (Å²) in [4.78, 5) is 17.6. The first kappa shape index (κ1) is 15.8. The second kappa shape index (κ2) is 5.99. The highest BCUT2D eigenvalue weighted by Crippen LogP contribution is 2.25. The maximum atomic E-state index is 13.2. The Morgan fingerprint density at radius 3 is 2.68 bits per heavy atom. The van der Waals surface area contributed by atoms with Gasteiger partial charge in [0.05, 0.1) is 21.6 Å². The fourth-order valence-corrected chi connectivity index (χ4v) is 3.40. The monoisotopic (exact) mass is 349 g/mol. The van der Waals surface area contributed by atoms with Crippen LogP contribution in [0.2, 0.25) is 5.02 Å². The summed E-state index contributed by atoms with van der Waals surface area (Å²) in [6.45, 7) is 1.86. The number of rotatable bonds is 2. The Bertz CT molecular complexity index is 1160. The molecule has 1 atom stereocenters. The Kier molecular flexibility index (Phi) is 3.79. The van der Waals surface area contributed by atoms with Gasteiger partial charge in [0.2, 0.25) is 0 Å². The minimum Gasteiger partial charge on any atom is -0.323 e. The van der Waals surface area contributed by atoms with E-state index in [2.05, 4.69) is 4.98 Å². The number of pyridine rings is 2. The molecule has 4 nitrogen and oxygen atoms in total. The number of aromatic nitrogens is 2. The molecule has 0 fully saturated rings. The van der Waals surface area contributed by atoms with E-state index in [9.17, 15) is 4.79 Å². The second-order valence-electron chi connectivity index (χ2n) is 6.08. The molecular formula is C20H16ClN3O. The van der Waals surface area contributed by atoms with Gasteiger partial charge in [-0.25, -0.2) is 0 Å². The molecule has 4 rings (SSSR count). The van der Waals surface area contributed by atoms with Crippen molar-refractivity contribution in [3.63, 3.8) is 0 Å². The van der Waals surface area contributed by atoms with E-state index in [1.54, 1.807) is 16.8 Å². The second-order valence-corrected chi connectivity index (χ2v) is 6.49. The van der Waals surface area contributed by atoms with E-state index in [1.165, 1.54) is 0 Å². The van der Waals surface area contributed by atoms with Crippen LogP contribution in [0, 0.1) is 0 Å². The van der Waals surface area contributed by atoms with Crippen LogP contribution >= 0.6 is 11.6 Å². The SMILES string of the molecule is CC(N)c1cc2cccc(Cl)c2c(=O)n1-c1ccc2cccnc2c1. The highest BCUT2D eigenvalue weighted by molar-refractivity contribution is 6.35. The number of fused-ring (bicyclic) bond motifs is 2. The van der Waals surface area contributed by atoms with Gasteiger partial charge in [-0.15, -0.1) is 0 Å². The molecule has 2 N–H and O–H groups in total. The quantitative estimate of drug-likeness (QED) is 0.589. The van der Waals surface area contributed by atoms with Gasteiger partial charge in [-0.1, -0.05) is 35.9 Å². The largest absolute Gasteiger partial charge is 0.323 e. The zero-order chi connectivity index (χ0) is 17.6. The Labute approximate surface area is 149 Å². The van der Waals surface area contributed by atoms with Crippen LogP contribution in [0.4, 0.5) is 0 Å². The molecule has 2 aromatic heterocycles. The number of benzene rings is 2. The zero-order valence-corrected chi connectivity index (χ0v) is 14.4. The Morgan fingerprint density at radius 2 is 1.88 bits per heavy atom. The molecule has 0 aliphatic heterocycles. The predicted molar refractivity (Wildman–Crippen MR) is 102 cm³/mol. The van der Waals surface area contributed by atoms with E-state index >= 15 is 0 Å². The summed E-state index contributed by atoms with van der Waals surface area (Å²) in [6, 6.07) is 16.7. The van der Waals surface area contributed by atoms with Crippen molar-refractivity contribution < 1.29 is 0 Å². The number of halogens is 1. The van der Waals surface area contributed by atoms with Gasteiger partial charge in [0.1, 0.15) is 0 Å². The Hall–Kier alpha value is -2.69. The highest BCUT2D eigenvalue weighted by Gasteiger charge is 2.16. The van der Waals surface area contributed by atoms with Gasteiger partial charge in [-0.2, -0.15) is 0 Å². The molecule has 0 saturated carbocycles. The van der Waals surface area contributed by atoms with Crippen LogP contribution in [-0.2, 0) is 0 Å². The van der Waals surface area contributed by atoms with E-state index < -0.39 is 0 Å². The summed E-state index contributed by atoms with van der Waals surface area (Å²) in [5, 5.41) is 2.74. The van der Waals surface area contributed by atoms with Crippen LogP contribution in [0.3, 0.4) is 0 Å². The van der Waals surface area contributed by atoms with Crippen molar-refractivity contribution in [2.45, 2.75) is 13.0 Å². The number of nitrogens with two attached hydrogens (primary N) is 1. The molecule has 4 aromatic rings. The minimum atomic E-state index is -0.310. The van der Waals surface area contributed by atoms with Gasteiger partial charge < -0.3 is 5.73 Å². The van der Waals surface area contributed by atoms with Crippen LogP contribution in [-0.4, -0.2) is 9.55 Å². The highest BCUT2D eigenvalue weighted by atomic mass is 35.5. The molecule has 0 spiro atoms. The van der Waals surface area contributed by atoms with Crippen LogP contribution in [0.25, 0.3) is 27.4 Å². The fourth-order valence-electron chi connectivity index (χ4n) is 3.13. The van der Waals surface area contributed by atoms with E-state index in [4.69, 9.17) is 17.3 Å². The van der Waals surface area contributed by atoms with E-state index in [0.717, 1.165) is 27.7 Å². The van der Waals surface area contributed by atoms with Crippen molar-refractivity contribution in [1.29, 1.82) is 0 Å². The third kappa shape index (κ3) is 2.60. The van der Waals surface area contributed by atoms with E-state index in [-0.39, 0.29) is 11.6 Å². The molecule has 0 aliphatic carbocycles. The third-order valence-corrected chi connectivity index (χ3v) is 4.65. The van der Waals surface area contributed by atoms with Gasteiger partial charge in [-0.05, 0) is 42.6 Å². The first-order valence-electron chi connectivity index (χ1n) is 8.01. The first-order valence-corrected chi connectivity index (χ1v) is 8.39. The molecule has 2 heterocycles. The van der Waals surface area contributed by atoms with Crippen LogP contribution < -0.4 is 11.3 Å². The number of hydrogen-bond donors (Lipinski definition) is 1. The van der Waals surface area contributed by atoms with Crippen LogP contribution in [0.1, 0.15) is 18.7 Å². The standard InChI is InChI=1S/C20H16ClN3O/c1-12(22)18-10-14-4-2-6-16(21)19(14)20(25)24(18)15-8-7-13-5-3-9-23-17(13)11-15/h2-12H,22H2,1H3.